The maximum absolute atomic E-state index is 2.40. The molecule has 0 heterocycles. The van der Waals surface area contributed by atoms with Crippen LogP contribution in [0, 0.1) is 29.6 Å². The smallest absolute Gasteiger partial charge is 0.0228 e. The number of rotatable bonds is 0. The number of hydrogen-bond acceptors (Lipinski definition) is 0. The van der Waals surface area contributed by atoms with Gasteiger partial charge in [0.25, 0.3) is 0 Å². The minimum atomic E-state index is 0.858. The van der Waals surface area contributed by atoms with Crippen LogP contribution < -0.4 is 0 Å². The molecule has 4 unspecified atom stereocenters. The van der Waals surface area contributed by atoms with Crippen LogP contribution in [0.15, 0.2) is 12.2 Å². The van der Waals surface area contributed by atoms with Gasteiger partial charge in [0.1, 0.15) is 0 Å². The highest BCUT2D eigenvalue weighted by molar-refractivity contribution is 5.13. The molecule has 2 aliphatic carbocycles. The summed E-state index contributed by atoms with van der Waals surface area (Å²) < 4.78 is 0. The molecule has 0 radical (unpaired) electrons. The quantitative estimate of drug-likeness (QED) is 0.449. The van der Waals surface area contributed by atoms with Crippen molar-refractivity contribution in [1.82, 2.24) is 0 Å². The van der Waals surface area contributed by atoms with Crippen molar-refractivity contribution in [3.8, 4) is 0 Å². The van der Waals surface area contributed by atoms with Crippen LogP contribution in [-0.2, 0) is 0 Å². The molecule has 0 saturated heterocycles. The van der Waals surface area contributed by atoms with Crippen LogP contribution >= 0.6 is 0 Å². The molecular weight excluding hydrogens is 120 g/mol. The summed E-state index contributed by atoms with van der Waals surface area (Å²) in [6.45, 7) is 7.10. The van der Waals surface area contributed by atoms with Crippen LogP contribution in [0.1, 0.15) is 20.8 Å². The Morgan fingerprint density at radius 1 is 0.800 bits per heavy atom. The maximum Gasteiger partial charge on any atom is -0.0228 e. The van der Waals surface area contributed by atoms with Gasteiger partial charge in [-0.25, -0.2) is 0 Å². The van der Waals surface area contributed by atoms with E-state index in [1.54, 1.807) is 0 Å². The Morgan fingerprint density at radius 3 is 1.60 bits per heavy atom. The van der Waals surface area contributed by atoms with Crippen molar-refractivity contribution in [3.63, 3.8) is 0 Å². The molecule has 0 heteroatoms. The SMILES string of the molecule is CC1C=CC(C)C2C(C)C12. The van der Waals surface area contributed by atoms with Crippen LogP contribution in [0.25, 0.3) is 0 Å². The summed E-state index contributed by atoms with van der Waals surface area (Å²) in [6, 6.07) is 0. The number of fused-ring (bicyclic) bond motifs is 1. The second kappa shape index (κ2) is 1.87. The Kier molecular flexibility index (Phi) is 1.21. The first-order valence-corrected chi connectivity index (χ1v) is 4.40. The fraction of sp³-hybridized carbons (Fsp3) is 0.800. The van der Waals surface area contributed by atoms with Gasteiger partial charge < -0.3 is 0 Å². The molecule has 56 valence electrons. The van der Waals surface area contributed by atoms with E-state index >= 15 is 0 Å². The van der Waals surface area contributed by atoms with Gasteiger partial charge in [0.05, 0.1) is 0 Å². The zero-order chi connectivity index (χ0) is 7.30. The first-order chi connectivity index (χ1) is 4.72. The molecule has 0 spiro atoms. The third-order valence-electron chi connectivity index (χ3n) is 3.45. The van der Waals surface area contributed by atoms with Gasteiger partial charge >= 0.3 is 0 Å². The monoisotopic (exact) mass is 136 g/mol. The van der Waals surface area contributed by atoms with Crippen LogP contribution in [-0.4, -0.2) is 0 Å². The highest BCUT2D eigenvalue weighted by Gasteiger charge is 2.52. The Balaban J connectivity index is 2.17. The molecular formula is C10H16. The van der Waals surface area contributed by atoms with E-state index in [0.717, 1.165) is 29.6 Å². The van der Waals surface area contributed by atoms with Crippen LogP contribution in [0.4, 0.5) is 0 Å². The van der Waals surface area contributed by atoms with Gasteiger partial charge in [0.15, 0.2) is 0 Å². The summed E-state index contributed by atoms with van der Waals surface area (Å²) in [5, 5.41) is 0. The van der Waals surface area contributed by atoms with E-state index in [1.165, 1.54) is 0 Å². The normalized spacial score (nSPS) is 58.1. The Morgan fingerprint density at radius 2 is 1.20 bits per heavy atom. The topological polar surface area (TPSA) is 0 Å². The second-order valence-corrected chi connectivity index (χ2v) is 4.12. The summed E-state index contributed by atoms with van der Waals surface area (Å²) in [7, 11) is 0. The molecule has 0 nitrogen and oxygen atoms in total. The zero-order valence-electron chi connectivity index (χ0n) is 7.04. The first kappa shape index (κ1) is 6.45. The van der Waals surface area contributed by atoms with Crippen molar-refractivity contribution in [2.75, 3.05) is 0 Å². The van der Waals surface area contributed by atoms with E-state index in [9.17, 15) is 0 Å². The molecule has 1 saturated carbocycles. The fourth-order valence-electron chi connectivity index (χ4n) is 2.79. The minimum Gasteiger partial charge on any atom is -0.0851 e. The molecule has 0 aromatic heterocycles. The van der Waals surface area contributed by atoms with Gasteiger partial charge in [-0.1, -0.05) is 32.9 Å². The van der Waals surface area contributed by atoms with E-state index in [2.05, 4.69) is 32.9 Å². The predicted molar refractivity (Wildman–Crippen MR) is 43.6 cm³/mol. The van der Waals surface area contributed by atoms with E-state index in [4.69, 9.17) is 0 Å². The third kappa shape index (κ3) is 0.680. The van der Waals surface area contributed by atoms with Crippen molar-refractivity contribution in [2.24, 2.45) is 29.6 Å². The van der Waals surface area contributed by atoms with Gasteiger partial charge in [0.2, 0.25) is 0 Å². The van der Waals surface area contributed by atoms with E-state index in [-0.39, 0.29) is 0 Å². The Hall–Kier alpha value is -0.260. The number of allylic oxidation sites excluding steroid dienone is 2. The fourth-order valence-corrected chi connectivity index (χ4v) is 2.79. The van der Waals surface area contributed by atoms with Crippen molar-refractivity contribution in [1.29, 1.82) is 0 Å². The van der Waals surface area contributed by atoms with Crippen molar-refractivity contribution in [2.45, 2.75) is 20.8 Å². The molecule has 0 bridgehead atoms. The Labute approximate surface area is 63.3 Å². The Bertz CT molecular complexity index is 151. The maximum atomic E-state index is 2.40. The predicted octanol–water partition coefficient (Wildman–Crippen LogP) is 2.71. The second-order valence-electron chi connectivity index (χ2n) is 4.12. The summed E-state index contributed by atoms with van der Waals surface area (Å²) in [5.74, 6) is 4.77. The van der Waals surface area contributed by atoms with Crippen molar-refractivity contribution in [3.05, 3.63) is 12.2 Å². The van der Waals surface area contributed by atoms with Crippen molar-refractivity contribution >= 4 is 0 Å². The molecule has 0 aliphatic heterocycles. The van der Waals surface area contributed by atoms with Gasteiger partial charge in [-0.3, -0.25) is 0 Å². The number of hydrogen-bond donors (Lipinski definition) is 0. The molecule has 0 N–H and O–H groups in total. The molecule has 2 aliphatic rings. The molecule has 2 rings (SSSR count). The van der Waals surface area contributed by atoms with Gasteiger partial charge in [0, 0.05) is 0 Å². The summed E-state index contributed by atoms with van der Waals surface area (Å²) >= 11 is 0. The van der Waals surface area contributed by atoms with E-state index < -0.39 is 0 Å². The lowest BCUT2D eigenvalue weighted by Gasteiger charge is -2.14. The largest absolute Gasteiger partial charge is 0.0851 e. The highest BCUT2D eigenvalue weighted by atomic mass is 14.6. The molecule has 10 heavy (non-hydrogen) atoms. The lowest BCUT2D eigenvalue weighted by atomic mass is 9.91. The molecule has 0 aromatic rings. The van der Waals surface area contributed by atoms with Crippen LogP contribution in [0.3, 0.4) is 0 Å². The standard InChI is InChI=1S/C10H16/c1-6-4-5-7(2)10-8(3)9(6)10/h4-10H,1-3H3. The molecule has 1 fully saturated rings. The van der Waals surface area contributed by atoms with Gasteiger partial charge in [-0.2, -0.15) is 0 Å². The summed E-state index contributed by atoms with van der Waals surface area (Å²) in [6.07, 6.45) is 4.80. The van der Waals surface area contributed by atoms with Gasteiger partial charge in [-0.05, 0) is 29.6 Å². The minimum absolute atomic E-state index is 0.858. The lowest BCUT2D eigenvalue weighted by molar-refractivity contribution is 0.473. The molecule has 4 atom stereocenters. The van der Waals surface area contributed by atoms with E-state index in [1.807, 2.05) is 0 Å². The third-order valence-corrected chi connectivity index (χ3v) is 3.45. The van der Waals surface area contributed by atoms with Gasteiger partial charge in [-0.15, -0.1) is 0 Å². The summed E-state index contributed by atoms with van der Waals surface area (Å²) in [4.78, 5) is 0. The lowest BCUT2D eigenvalue weighted by Crippen LogP contribution is -2.06. The van der Waals surface area contributed by atoms with Crippen molar-refractivity contribution < 1.29 is 0 Å². The van der Waals surface area contributed by atoms with E-state index in [0.29, 0.717) is 0 Å². The highest BCUT2D eigenvalue weighted by Crippen LogP contribution is 2.57. The average molecular weight is 136 g/mol. The molecule has 0 aromatic carbocycles. The summed E-state index contributed by atoms with van der Waals surface area (Å²) in [5.41, 5.74) is 0. The zero-order valence-corrected chi connectivity index (χ0v) is 7.04. The van der Waals surface area contributed by atoms with Crippen LogP contribution in [0.5, 0.6) is 0 Å². The van der Waals surface area contributed by atoms with Crippen LogP contribution in [0.2, 0.25) is 0 Å². The first-order valence-electron chi connectivity index (χ1n) is 4.40. The molecule has 0 amide bonds. The average Bonchev–Trinajstić information content (AvgIpc) is 2.55.